The maximum Gasteiger partial charge on any atom is 0.270 e. The fourth-order valence-electron chi connectivity index (χ4n) is 5.74. The Labute approximate surface area is 253 Å². The molecule has 1 atom stereocenters. The number of carbonyl (C=O) groups is 1. The molecule has 0 bridgehead atoms. The lowest BCUT2D eigenvalue weighted by Gasteiger charge is -2.50. The van der Waals surface area contributed by atoms with Crippen LogP contribution in [0.2, 0.25) is 25.7 Å². The van der Waals surface area contributed by atoms with Gasteiger partial charge in [0, 0.05) is 63.4 Å². The van der Waals surface area contributed by atoms with Gasteiger partial charge in [0.1, 0.15) is 23.6 Å². The van der Waals surface area contributed by atoms with E-state index in [1.807, 2.05) is 46.2 Å². The standard InChI is InChI=1S/C32H40N8O2Si/c1-23(24-5-6-24)37-31(41)29-8-7-26(18-35-29)39-20-32(21-39,11-12-33)40-19-25(17-36-40)27-9-13-34-30-28(27)10-14-38(30)22-42-15-16-43(2,3)4/h7-10,13-14,17-19,23-24H,5-6,11,15-16,20-22H2,1-4H3,(H,37,41)/t23-/m0/s1. The quantitative estimate of drug-likeness (QED) is 0.175. The molecule has 2 fully saturated rings. The summed E-state index contributed by atoms with van der Waals surface area (Å²) in [6.45, 7) is 11.6. The molecule has 6 rings (SSSR count). The van der Waals surface area contributed by atoms with Gasteiger partial charge in [0.2, 0.25) is 0 Å². The van der Waals surface area contributed by atoms with Crippen molar-refractivity contribution in [3.05, 3.63) is 60.9 Å². The number of ether oxygens (including phenoxy) is 1. The monoisotopic (exact) mass is 596 g/mol. The van der Waals surface area contributed by atoms with Crippen molar-refractivity contribution in [1.29, 1.82) is 5.26 Å². The van der Waals surface area contributed by atoms with E-state index >= 15 is 0 Å². The Morgan fingerprint density at radius 1 is 1.19 bits per heavy atom. The molecule has 1 saturated heterocycles. The van der Waals surface area contributed by atoms with E-state index in [4.69, 9.17) is 9.84 Å². The Morgan fingerprint density at radius 3 is 2.70 bits per heavy atom. The Balaban J connectivity index is 1.14. The summed E-state index contributed by atoms with van der Waals surface area (Å²) < 4.78 is 9.97. The summed E-state index contributed by atoms with van der Waals surface area (Å²) in [4.78, 5) is 23.8. The van der Waals surface area contributed by atoms with Crippen molar-refractivity contribution in [3.8, 4) is 17.2 Å². The van der Waals surface area contributed by atoms with Gasteiger partial charge in [-0.25, -0.2) is 9.97 Å². The number of anilines is 1. The zero-order valence-electron chi connectivity index (χ0n) is 25.5. The van der Waals surface area contributed by atoms with Crippen LogP contribution in [0.4, 0.5) is 5.69 Å². The number of amides is 1. The molecule has 1 saturated carbocycles. The highest BCUT2D eigenvalue weighted by atomic mass is 28.3. The minimum Gasteiger partial charge on any atom is -0.365 e. The summed E-state index contributed by atoms with van der Waals surface area (Å²) in [6.07, 6.45) is 12.2. The summed E-state index contributed by atoms with van der Waals surface area (Å²) in [5.74, 6) is 0.461. The summed E-state index contributed by atoms with van der Waals surface area (Å²) >= 11 is 0. The van der Waals surface area contributed by atoms with E-state index in [-0.39, 0.29) is 11.9 Å². The van der Waals surface area contributed by atoms with Gasteiger partial charge >= 0.3 is 0 Å². The van der Waals surface area contributed by atoms with Gasteiger partial charge in [0.05, 0.1) is 30.6 Å². The second-order valence-corrected chi connectivity index (χ2v) is 18.9. The van der Waals surface area contributed by atoms with E-state index in [0.29, 0.717) is 37.9 Å². The third-order valence-corrected chi connectivity index (χ3v) is 10.4. The van der Waals surface area contributed by atoms with Crippen molar-refractivity contribution in [2.24, 2.45) is 5.92 Å². The molecule has 0 radical (unpaired) electrons. The molecule has 1 amide bonds. The van der Waals surface area contributed by atoms with E-state index in [2.05, 4.69) is 58.9 Å². The average molecular weight is 597 g/mol. The first-order valence-electron chi connectivity index (χ1n) is 15.1. The molecule has 11 heteroatoms. The predicted molar refractivity (Wildman–Crippen MR) is 169 cm³/mol. The minimum absolute atomic E-state index is 0.132. The third-order valence-electron chi connectivity index (χ3n) is 8.68. The van der Waals surface area contributed by atoms with Crippen LogP contribution in [-0.2, 0) is 17.0 Å². The number of carbonyl (C=O) groups excluding carboxylic acids is 1. The minimum atomic E-state index is -1.14. The Bertz CT molecular complexity index is 1640. The SMILES string of the molecule is C[C@H](NC(=O)c1ccc(N2CC(CC#N)(n3cc(-c4ccnc5c4ccn5COCC[Si](C)(C)C)cn3)C2)cn1)C1CC1. The molecule has 224 valence electrons. The average Bonchev–Trinajstić information content (AvgIpc) is 3.56. The first-order valence-corrected chi connectivity index (χ1v) is 18.8. The van der Waals surface area contributed by atoms with Crippen LogP contribution in [-0.4, -0.2) is 64.0 Å². The van der Waals surface area contributed by atoms with Crippen molar-refractivity contribution in [2.75, 3.05) is 24.6 Å². The number of aromatic nitrogens is 5. The van der Waals surface area contributed by atoms with Gasteiger partial charge in [0.15, 0.2) is 0 Å². The van der Waals surface area contributed by atoms with Gasteiger partial charge < -0.3 is 19.5 Å². The zero-order chi connectivity index (χ0) is 30.2. The predicted octanol–water partition coefficient (Wildman–Crippen LogP) is 5.26. The van der Waals surface area contributed by atoms with E-state index in [9.17, 15) is 10.1 Å². The second-order valence-electron chi connectivity index (χ2n) is 13.3. The van der Waals surface area contributed by atoms with Gasteiger partial charge in [-0.15, -0.1) is 0 Å². The van der Waals surface area contributed by atoms with Gasteiger partial charge in [-0.05, 0) is 61.6 Å². The van der Waals surface area contributed by atoms with Crippen LogP contribution in [0.5, 0.6) is 0 Å². The summed E-state index contributed by atoms with van der Waals surface area (Å²) in [7, 11) is -1.14. The molecule has 1 aliphatic heterocycles. The lowest BCUT2D eigenvalue weighted by molar-refractivity contribution is 0.0898. The highest BCUT2D eigenvalue weighted by Gasteiger charge is 2.46. The van der Waals surface area contributed by atoms with Crippen molar-refractivity contribution < 1.29 is 9.53 Å². The first kappa shape index (κ1) is 29.1. The van der Waals surface area contributed by atoms with Crippen molar-refractivity contribution in [1.82, 2.24) is 29.6 Å². The van der Waals surface area contributed by atoms with E-state index in [1.54, 1.807) is 12.3 Å². The van der Waals surface area contributed by atoms with Crippen LogP contribution in [0.15, 0.2) is 55.2 Å². The number of fused-ring (bicyclic) bond motifs is 1. The molecule has 0 aromatic carbocycles. The topological polar surface area (TPSA) is 114 Å². The molecule has 43 heavy (non-hydrogen) atoms. The molecule has 1 aliphatic carbocycles. The van der Waals surface area contributed by atoms with Crippen molar-refractivity contribution in [3.63, 3.8) is 0 Å². The summed E-state index contributed by atoms with van der Waals surface area (Å²) in [5, 5.41) is 18.5. The Morgan fingerprint density at radius 2 is 2.00 bits per heavy atom. The molecular formula is C32H40N8O2Si. The fraction of sp³-hybridized carbons (Fsp3) is 0.469. The van der Waals surface area contributed by atoms with Gasteiger partial charge in [-0.3, -0.25) is 9.48 Å². The molecule has 0 spiro atoms. The third kappa shape index (κ3) is 6.21. The number of pyridine rings is 2. The lowest BCUT2D eigenvalue weighted by Crippen LogP contribution is -2.63. The van der Waals surface area contributed by atoms with Crippen LogP contribution in [0, 0.1) is 17.2 Å². The number of hydrogen-bond acceptors (Lipinski definition) is 7. The molecule has 10 nitrogen and oxygen atoms in total. The van der Waals surface area contributed by atoms with E-state index in [0.717, 1.165) is 40.5 Å². The van der Waals surface area contributed by atoms with Gasteiger partial charge in [-0.2, -0.15) is 10.4 Å². The van der Waals surface area contributed by atoms with Crippen LogP contribution < -0.4 is 10.2 Å². The summed E-state index contributed by atoms with van der Waals surface area (Å²) in [6, 6.07) is 11.5. The van der Waals surface area contributed by atoms with Crippen LogP contribution in [0.1, 0.15) is 36.7 Å². The normalized spacial score (nSPS) is 17.0. The Kier molecular flexibility index (Phi) is 7.83. The molecule has 2 aliphatic rings. The van der Waals surface area contributed by atoms with E-state index < -0.39 is 13.6 Å². The number of nitriles is 1. The highest BCUT2D eigenvalue weighted by Crippen LogP contribution is 2.37. The van der Waals surface area contributed by atoms with Crippen LogP contribution >= 0.6 is 0 Å². The summed E-state index contributed by atoms with van der Waals surface area (Å²) in [5.41, 5.74) is 3.83. The smallest absolute Gasteiger partial charge is 0.270 e. The number of nitrogens with one attached hydrogen (secondary N) is 1. The fourth-order valence-corrected chi connectivity index (χ4v) is 6.50. The van der Waals surface area contributed by atoms with Crippen molar-refractivity contribution in [2.45, 2.75) is 70.2 Å². The lowest BCUT2D eigenvalue weighted by atomic mass is 9.86. The van der Waals surface area contributed by atoms with Crippen molar-refractivity contribution >= 4 is 30.7 Å². The first-order chi connectivity index (χ1) is 20.7. The molecule has 1 N–H and O–H groups in total. The van der Waals surface area contributed by atoms with Crippen LogP contribution in [0.3, 0.4) is 0 Å². The molecule has 0 unspecified atom stereocenters. The second kappa shape index (κ2) is 11.6. The molecule has 4 aromatic heterocycles. The van der Waals surface area contributed by atoms with Gasteiger partial charge in [0.25, 0.3) is 5.91 Å². The molecule has 4 aromatic rings. The van der Waals surface area contributed by atoms with Crippen LogP contribution in [0.25, 0.3) is 22.2 Å². The maximum atomic E-state index is 12.6. The van der Waals surface area contributed by atoms with E-state index in [1.165, 1.54) is 12.8 Å². The number of hydrogen-bond donors (Lipinski definition) is 1. The Hall–Kier alpha value is -4.01. The maximum absolute atomic E-state index is 12.6. The van der Waals surface area contributed by atoms with Gasteiger partial charge in [-0.1, -0.05) is 19.6 Å². The largest absolute Gasteiger partial charge is 0.365 e. The zero-order valence-corrected chi connectivity index (χ0v) is 26.5. The highest BCUT2D eigenvalue weighted by molar-refractivity contribution is 6.76. The molecular weight excluding hydrogens is 556 g/mol. The molecule has 5 heterocycles. The number of nitrogens with zero attached hydrogens (tertiary/aromatic N) is 7. The number of rotatable bonds is 12.